The van der Waals surface area contributed by atoms with Gasteiger partial charge in [0.1, 0.15) is 5.76 Å². The normalized spacial score (nSPS) is 11.4. The second kappa shape index (κ2) is 11.4. The molecule has 0 aromatic heterocycles. The Hall–Kier alpha value is -2.65. The van der Waals surface area contributed by atoms with Crippen LogP contribution in [0, 0.1) is 41.5 Å². The second-order valence-electron chi connectivity index (χ2n) is 8.99. The Labute approximate surface area is 210 Å². The van der Waals surface area contributed by atoms with E-state index < -0.39 is 7.82 Å². The Morgan fingerprint density at radius 2 is 1.09 bits per heavy atom. The van der Waals surface area contributed by atoms with E-state index in [1.54, 1.807) is 13.8 Å². The summed E-state index contributed by atoms with van der Waals surface area (Å²) in [5.74, 6) is 0.487. The van der Waals surface area contributed by atoms with Crippen molar-refractivity contribution >= 4 is 19.2 Å². The first kappa shape index (κ1) is 26.9. The second-order valence-corrected chi connectivity index (χ2v) is 10.6. The summed E-state index contributed by atoms with van der Waals surface area (Å²) in [4.78, 5) is 0. The lowest BCUT2D eigenvalue weighted by Crippen LogP contribution is -2.07. The monoisotopic (exact) mass is 492 g/mol. The van der Waals surface area contributed by atoms with Crippen LogP contribution in [0.1, 0.15) is 63.9 Å². The van der Waals surface area contributed by atoms with Gasteiger partial charge >= 0.3 is 7.82 Å². The van der Waals surface area contributed by atoms with E-state index in [4.69, 9.17) is 13.6 Å². The molecule has 0 aliphatic rings. The van der Waals surface area contributed by atoms with Crippen molar-refractivity contribution in [1.29, 1.82) is 0 Å². The zero-order valence-corrected chi connectivity index (χ0v) is 23.1. The fourth-order valence-electron chi connectivity index (χ4n) is 4.85. The Kier molecular flexibility index (Phi) is 8.77. The zero-order chi connectivity index (χ0) is 25.8. The van der Waals surface area contributed by atoms with Gasteiger partial charge in [0.25, 0.3) is 0 Å². The van der Waals surface area contributed by atoms with E-state index >= 15 is 0 Å². The molecule has 0 aliphatic heterocycles. The molecule has 0 spiro atoms. The summed E-state index contributed by atoms with van der Waals surface area (Å²) in [6.45, 7) is 16.6. The van der Waals surface area contributed by atoms with Crippen LogP contribution in [-0.2, 0) is 18.1 Å². The standard InChI is InChI=1S/C30H37O4P/c1-9-32-35(31,33-10-2)34-30(26-14-12-11-13-15-26)29(27-22(5)16-20(3)17-23(27)6)28-24(7)18-21(4)19-25(28)8/h11-19H,9-10H2,1-8H3. The minimum absolute atomic E-state index is 0.208. The maximum atomic E-state index is 13.7. The van der Waals surface area contributed by atoms with Crippen molar-refractivity contribution in [2.24, 2.45) is 0 Å². The molecule has 3 aromatic carbocycles. The highest BCUT2D eigenvalue weighted by Crippen LogP contribution is 2.55. The lowest BCUT2D eigenvalue weighted by molar-refractivity contribution is 0.159. The van der Waals surface area contributed by atoms with Gasteiger partial charge in [0.2, 0.25) is 0 Å². The van der Waals surface area contributed by atoms with Gasteiger partial charge < -0.3 is 4.52 Å². The first-order chi connectivity index (χ1) is 16.6. The molecule has 0 bridgehead atoms. The summed E-state index contributed by atoms with van der Waals surface area (Å²) in [6.07, 6.45) is 0. The van der Waals surface area contributed by atoms with Gasteiger partial charge in [-0.15, -0.1) is 0 Å². The third-order valence-corrected chi connectivity index (χ3v) is 7.45. The van der Waals surface area contributed by atoms with Gasteiger partial charge in [-0.25, -0.2) is 4.57 Å². The van der Waals surface area contributed by atoms with Gasteiger partial charge in [-0.2, -0.15) is 0 Å². The Bertz CT molecular complexity index is 1160. The number of hydrogen-bond acceptors (Lipinski definition) is 4. The predicted octanol–water partition coefficient (Wildman–Crippen LogP) is 8.65. The van der Waals surface area contributed by atoms with Crippen LogP contribution in [0.4, 0.5) is 0 Å². The van der Waals surface area contributed by atoms with Crippen molar-refractivity contribution in [3.8, 4) is 0 Å². The number of rotatable bonds is 9. The summed E-state index contributed by atoms with van der Waals surface area (Å²) in [5, 5.41) is 0. The van der Waals surface area contributed by atoms with E-state index in [2.05, 4.69) is 65.8 Å². The molecule has 0 saturated heterocycles. The Balaban J connectivity index is 2.52. The number of phosphoric acid groups is 1. The summed E-state index contributed by atoms with van der Waals surface area (Å²) in [5.41, 5.74) is 10.7. The van der Waals surface area contributed by atoms with Crippen molar-refractivity contribution in [3.63, 3.8) is 0 Å². The fraction of sp³-hybridized carbons (Fsp3) is 0.333. The van der Waals surface area contributed by atoms with Crippen LogP contribution in [0.3, 0.4) is 0 Å². The minimum atomic E-state index is -3.87. The van der Waals surface area contributed by atoms with Crippen LogP contribution in [-0.4, -0.2) is 13.2 Å². The molecule has 0 amide bonds. The van der Waals surface area contributed by atoms with Crippen molar-refractivity contribution in [3.05, 3.63) is 105 Å². The van der Waals surface area contributed by atoms with Crippen LogP contribution >= 0.6 is 7.82 Å². The molecular formula is C30H37O4P. The molecule has 0 saturated carbocycles. The third-order valence-electron chi connectivity index (χ3n) is 5.89. The van der Waals surface area contributed by atoms with Gasteiger partial charge in [0.15, 0.2) is 0 Å². The lowest BCUT2D eigenvalue weighted by Gasteiger charge is -2.26. The van der Waals surface area contributed by atoms with Gasteiger partial charge in [-0.05, 0) is 88.8 Å². The molecule has 5 heteroatoms. The summed E-state index contributed by atoms with van der Waals surface area (Å²) in [7, 11) is -3.87. The smallest absolute Gasteiger partial charge is 0.403 e. The van der Waals surface area contributed by atoms with Gasteiger partial charge in [0, 0.05) is 11.1 Å². The largest absolute Gasteiger partial charge is 0.530 e. The highest BCUT2D eigenvalue weighted by molar-refractivity contribution is 7.48. The third kappa shape index (κ3) is 6.13. The summed E-state index contributed by atoms with van der Waals surface area (Å²) >= 11 is 0. The Morgan fingerprint density at radius 3 is 1.46 bits per heavy atom. The molecule has 0 N–H and O–H groups in total. The Morgan fingerprint density at radius 1 is 0.686 bits per heavy atom. The van der Waals surface area contributed by atoms with E-state index in [0.29, 0.717) is 5.76 Å². The van der Waals surface area contributed by atoms with E-state index in [0.717, 1.165) is 44.5 Å². The molecule has 186 valence electrons. The van der Waals surface area contributed by atoms with Crippen LogP contribution < -0.4 is 0 Å². The molecule has 0 atom stereocenters. The molecule has 35 heavy (non-hydrogen) atoms. The molecule has 3 rings (SSSR count). The van der Waals surface area contributed by atoms with Crippen LogP contribution in [0.2, 0.25) is 0 Å². The quantitative estimate of drug-likeness (QED) is 0.170. The van der Waals surface area contributed by atoms with Crippen LogP contribution in [0.25, 0.3) is 11.3 Å². The van der Waals surface area contributed by atoms with E-state index in [9.17, 15) is 4.57 Å². The summed E-state index contributed by atoms with van der Waals surface area (Å²) < 4.78 is 31.2. The molecular weight excluding hydrogens is 455 g/mol. The fourth-order valence-corrected chi connectivity index (χ4v) is 6.08. The van der Waals surface area contributed by atoms with Crippen molar-refractivity contribution in [1.82, 2.24) is 0 Å². The van der Waals surface area contributed by atoms with Crippen LogP contribution in [0.5, 0.6) is 0 Å². The first-order valence-corrected chi connectivity index (χ1v) is 13.6. The molecule has 0 heterocycles. The number of benzene rings is 3. The summed E-state index contributed by atoms with van der Waals surface area (Å²) in [6, 6.07) is 18.5. The topological polar surface area (TPSA) is 44.8 Å². The van der Waals surface area contributed by atoms with Crippen LogP contribution in [0.15, 0.2) is 54.6 Å². The van der Waals surface area contributed by atoms with Gasteiger partial charge in [-0.3, -0.25) is 9.05 Å². The van der Waals surface area contributed by atoms with E-state index in [1.807, 2.05) is 30.3 Å². The molecule has 0 radical (unpaired) electrons. The maximum absolute atomic E-state index is 13.7. The van der Waals surface area contributed by atoms with E-state index in [-0.39, 0.29) is 13.2 Å². The lowest BCUT2D eigenvalue weighted by atomic mass is 9.83. The van der Waals surface area contributed by atoms with Crippen molar-refractivity contribution in [2.45, 2.75) is 55.4 Å². The highest BCUT2D eigenvalue weighted by atomic mass is 31.2. The highest BCUT2D eigenvalue weighted by Gasteiger charge is 2.32. The molecule has 4 nitrogen and oxygen atoms in total. The average Bonchev–Trinajstić information content (AvgIpc) is 2.76. The maximum Gasteiger partial charge on any atom is 0.530 e. The van der Waals surface area contributed by atoms with Crippen molar-refractivity contribution in [2.75, 3.05) is 13.2 Å². The SMILES string of the molecule is CCOP(=O)(OCC)OC(=C(c1c(C)cc(C)cc1C)c1c(C)cc(C)cc1C)c1ccccc1. The molecule has 0 unspecified atom stereocenters. The predicted molar refractivity (Wildman–Crippen MR) is 146 cm³/mol. The average molecular weight is 493 g/mol. The molecule has 0 aliphatic carbocycles. The number of aryl methyl sites for hydroxylation is 6. The number of phosphoric ester groups is 1. The van der Waals surface area contributed by atoms with Crippen molar-refractivity contribution < 1.29 is 18.1 Å². The minimum Gasteiger partial charge on any atom is -0.403 e. The first-order valence-electron chi connectivity index (χ1n) is 12.1. The van der Waals surface area contributed by atoms with Gasteiger partial charge in [-0.1, -0.05) is 65.7 Å². The van der Waals surface area contributed by atoms with E-state index in [1.165, 1.54) is 11.1 Å². The zero-order valence-electron chi connectivity index (χ0n) is 22.2. The van der Waals surface area contributed by atoms with Gasteiger partial charge in [0.05, 0.1) is 13.2 Å². The number of hydrogen-bond donors (Lipinski definition) is 0. The molecule has 3 aromatic rings. The molecule has 0 fully saturated rings.